The van der Waals surface area contributed by atoms with Crippen molar-refractivity contribution in [2.45, 2.75) is 71.3 Å². The van der Waals surface area contributed by atoms with Gasteiger partial charge in [0.15, 0.2) is 5.82 Å². The number of hydrogen-bond donors (Lipinski definition) is 0. The van der Waals surface area contributed by atoms with Gasteiger partial charge in [0.1, 0.15) is 12.2 Å². The molecule has 2 aromatic heterocycles. The quantitative estimate of drug-likeness (QED) is 0.336. The monoisotopic (exact) mass is 455 g/mol. The zero-order valence-corrected chi connectivity index (χ0v) is 20.0. The van der Waals surface area contributed by atoms with Crippen LogP contribution in [-0.2, 0) is 19.4 Å². The lowest BCUT2D eigenvalue weighted by atomic mass is 9.87. The van der Waals surface area contributed by atoms with Gasteiger partial charge in [-0.1, -0.05) is 87.9 Å². The Kier molecular flexibility index (Phi) is 7.08. The highest BCUT2D eigenvalue weighted by molar-refractivity contribution is 5.72. The van der Waals surface area contributed by atoms with Crippen molar-refractivity contribution >= 4 is 0 Å². The van der Waals surface area contributed by atoms with Gasteiger partial charge in [-0.15, -0.1) is 5.10 Å². The Morgan fingerprint density at radius 2 is 1.79 bits per heavy atom. The molecule has 1 fully saturated rings. The van der Waals surface area contributed by atoms with Gasteiger partial charge in [-0.3, -0.25) is 0 Å². The van der Waals surface area contributed by atoms with Gasteiger partial charge < -0.3 is 0 Å². The lowest BCUT2D eigenvalue weighted by molar-refractivity contribution is 0.351. The summed E-state index contributed by atoms with van der Waals surface area (Å²) in [5.74, 6) is 2.91. The molecule has 0 spiro atoms. The van der Waals surface area contributed by atoms with Crippen LogP contribution in [0.1, 0.15) is 69.1 Å². The van der Waals surface area contributed by atoms with Crippen molar-refractivity contribution in [3.63, 3.8) is 0 Å². The van der Waals surface area contributed by atoms with Crippen LogP contribution < -0.4 is 0 Å². The van der Waals surface area contributed by atoms with E-state index in [1.807, 2.05) is 18.2 Å². The Balaban J connectivity index is 1.34. The molecule has 0 amide bonds. The molecule has 2 aromatic carbocycles. The second-order valence-electron chi connectivity index (χ2n) is 9.38. The summed E-state index contributed by atoms with van der Waals surface area (Å²) in [5, 5.41) is 16.6. The number of aromatic nitrogens is 7. The van der Waals surface area contributed by atoms with Crippen LogP contribution in [0.5, 0.6) is 0 Å². The van der Waals surface area contributed by atoms with Crippen LogP contribution in [0.2, 0.25) is 0 Å². The topological polar surface area (TPSA) is 74.3 Å². The van der Waals surface area contributed by atoms with Crippen molar-refractivity contribution in [3.05, 3.63) is 72.1 Å². The summed E-state index contributed by atoms with van der Waals surface area (Å²) in [6.45, 7) is 2.99. The fourth-order valence-electron chi connectivity index (χ4n) is 4.96. The van der Waals surface area contributed by atoms with Crippen molar-refractivity contribution < 1.29 is 0 Å². The maximum Gasteiger partial charge on any atom is 0.151 e. The minimum absolute atomic E-state index is 0.753. The van der Waals surface area contributed by atoms with E-state index in [1.54, 1.807) is 11.0 Å². The normalized spacial score (nSPS) is 14.5. The Hall–Kier alpha value is -3.35. The molecule has 0 N–H and O–H groups in total. The minimum atomic E-state index is 0.753. The molecule has 1 aliphatic rings. The molecule has 1 saturated carbocycles. The molecule has 0 aliphatic heterocycles. The van der Waals surface area contributed by atoms with Gasteiger partial charge in [-0.25, -0.2) is 9.67 Å². The first-order valence-electron chi connectivity index (χ1n) is 12.6. The third-order valence-electron chi connectivity index (χ3n) is 6.84. The van der Waals surface area contributed by atoms with E-state index in [4.69, 9.17) is 10.1 Å². The van der Waals surface area contributed by atoms with Gasteiger partial charge in [-0.2, -0.15) is 9.78 Å². The first kappa shape index (κ1) is 22.4. The lowest BCUT2D eigenvalue weighted by Gasteiger charge is -2.19. The number of nitrogens with zero attached hydrogens (tertiary/aromatic N) is 7. The summed E-state index contributed by atoms with van der Waals surface area (Å²) in [6.07, 6.45) is 12.7. The largest absolute Gasteiger partial charge is 0.245 e. The van der Waals surface area contributed by atoms with E-state index in [2.05, 4.69) is 57.5 Å². The Bertz CT molecular complexity index is 1170. The zero-order valence-electron chi connectivity index (χ0n) is 20.0. The minimum Gasteiger partial charge on any atom is -0.245 e. The Morgan fingerprint density at radius 3 is 2.56 bits per heavy atom. The maximum absolute atomic E-state index is 4.97. The second kappa shape index (κ2) is 10.7. The van der Waals surface area contributed by atoms with Crippen LogP contribution in [0.4, 0.5) is 0 Å². The van der Waals surface area contributed by atoms with Crippen LogP contribution in [0.25, 0.3) is 16.8 Å². The number of rotatable bonds is 9. The van der Waals surface area contributed by atoms with Gasteiger partial charge in [-0.05, 0) is 40.0 Å². The van der Waals surface area contributed by atoms with Crippen molar-refractivity contribution in [2.24, 2.45) is 5.92 Å². The number of unbranched alkanes of at least 4 members (excludes halogenated alkanes) is 1. The highest BCUT2D eigenvalue weighted by Gasteiger charge is 2.18. The third kappa shape index (κ3) is 5.24. The second-order valence-corrected chi connectivity index (χ2v) is 9.38. The molecule has 176 valence electrons. The molecular formula is C27H33N7. The SMILES string of the molecule is CCCCc1nc(CC2CCCCC2)nn1Cc1ccc(-c2ccccc2-n2cnnn2)cc1. The first-order valence-corrected chi connectivity index (χ1v) is 12.6. The predicted molar refractivity (Wildman–Crippen MR) is 133 cm³/mol. The summed E-state index contributed by atoms with van der Waals surface area (Å²) in [5.41, 5.74) is 4.43. The molecule has 0 unspecified atom stereocenters. The van der Waals surface area contributed by atoms with Crippen molar-refractivity contribution in [1.82, 2.24) is 35.0 Å². The summed E-state index contributed by atoms with van der Waals surface area (Å²) in [7, 11) is 0. The summed E-state index contributed by atoms with van der Waals surface area (Å²) >= 11 is 0. The smallest absolute Gasteiger partial charge is 0.151 e. The highest BCUT2D eigenvalue weighted by atomic mass is 15.5. The van der Waals surface area contributed by atoms with E-state index in [-0.39, 0.29) is 0 Å². The van der Waals surface area contributed by atoms with Crippen LogP contribution in [0, 0.1) is 5.92 Å². The molecule has 0 atom stereocenters. The van der Waals surface area contributed by atoms with E-state index in [0.29, 0.717) is 0 Å². The molecule has 0 saturated heterocycles. The molecule has 7 heteroatoms. The van der Waals surface area contributed by atoms with E-state index in [1.165, 1.54) is 44.1 Å². The molecule has 4 aromatic rings. The molecule has 5 rings (SSSR count). The molecule has 2 heterocycles. The zero-order chi connectivity index (χ0) is 23.2. The molecule has 1 aliphatic carbocycles. The van der Waals surface area contributed by atoms with E-state index < -0.39 is 0 Å². The molecule has 0 bridgehead atoms. The van der Waals surface area contributed by atoms with E-state index in [9.17, 15) is 0 Å². The van der Waals surface area contributed by atoms with E-state index >= 15 is 0 Å². The van der Waals surface area contributed by atoms with Gasteiger partial charge in [0.2, 0.25) is 0 Å². The van der Waals surface area contributed by atoms with E-state index in [0.717, 1.165) is 60.2 Å². The van der Waals surface area contributed by atoms with Crippen molar-refractivity contribution in [3.8, 4) is 16.8 Å². The van der Waals surface area contributed by atoms with Gasteiger partial charge in [0.25, 0.3) is 0 Å². The van der Waals surface area contributed by atoms with Crippen LogP contribution in [-0.4, -0.2) is 35.0 Å². The standard InChI is InChI=1S/C27H33N7/c1-2-3-13-27-29-26(18-21-9-5-4-6-10-21)30-33(27)19-22-14-16-23(17-15-22)24-11-7-8-12-25(24)34-20-28-31-32-34/h7-8,11-12,14-17,20-21H,2-6,9-10,13,18-19H2,1H3. The first-order chi connectivity index (χ1) is 16.8. The average Bonchev–Trinajstić information content (AvgIpc) is 3.54. The number of hydrogen-bond acceptors (Lipinski definition) is 5. The number of benzene rings is 2. The molecule has 0 radical (unpaired) electrons. The number of aryl methyl sites for hydroxylation is 1. The van der Waals surface area contributed by atoms with Gasteiger partial charge >= 0.3 is 0 Å². The van der Waals surface area contributed by atoms with Gasteiger partial charge in [0, 0.05) is 18.4 Å². The fourth-order valence-corrected chi connectivity index (χ4v) is 4.96. The van der Waals surface area contributed by atoms with Crippen LogP contribution >= 0.6 is 0 Å². The highest BCUT2D eigenvalue weighted by Crippen LogP contribution is 2.28. The predicted octanol–water partition coefficient (Wildman–Crippen LogP) is 5.43. The molecule has 7 nitrogen and oxygen atoms in total. The van der Waals surface area contributed by atoms with Crippen LogP contribution in [0.15, 0.2) is 54.9 Å². The summed E-state index contributed by atoms with van der Waals surface area (Å²) in [6, 6.07) is 16.9. The average molecular weight is 456 g/mol. The fraction of sp³-hybridized carbons (Fsp3) is 0.444. The van der Waals surface area contributed by atoms with Crippen LogP contribution in [0.3, 0.4) is 0 Å². The Labute approximate surface area is 201 Å². The third-order valence-corrected chi connectivity index (χ3v) is 6.84. The molecule has 34 heavy (non-hydrogen) atoms. The van der Waals surface area contributed by atoms with Crippen molar-refractivity contribution in [2.75, 3.05) is 0 Å². The van der Waals surface area contributed by atoms with Crippen molar-refractivity contribution in [1.29, 1.82) is 0 Å². The van der Waals surface area contributed by atoms with Gasteiger partial charge in [0.05, 0.1) is 12.2 Å². The lowest BCUT2D eigenvalue weighted by Crippen LogP contribution is -2.11. The number of para-hydroxylation sites is 1. The molecular weight excluding hydrogens is 422 g/mol. The number of tetrazole rings is 1. The maximum atomic E-state index is 4.97. The summed E-state index contributed by atoms with van der Waals surface area (Å²) in [4.78, 5) is 4.97. The Morgan fingerprint density at radius 1 is 0.971 bits per heavy atom. The summed E-state index contributed by atoms with van der Waals surface area (Å²) < 4.78 is 3.84.